The van der Waals surface area contributed by atoms with Gasteiger partial charge in [-0.25, -0.2) is 0 Å². The molecule has 0 saturated heterocycles. The summed E-state index contributed by atoms with van der Waals surface area (Å²) in [6.07, 6.45) is 6.75. The van der Waals surface area contributed by atoms with E-state index < -0.39 is 0 Å². The molecule has 0 aliphatic carbocycles. The van der Waals surface area contributed by atoms with Crippen LogP contribution in [0.3, 0.4) is 0 Å². The van der Waals surface area contributed by atoms with E-state index in [2.05, 4.69) is 36.3 Å². The molecule has 25 heavy (non-hydrogen) atoms. The fourth-order valence-electron chi connectivity index (χ4n) is 2.24. The smallest absolute Gasteiger partial charge is 0.252 e. The van der Waals surface area contributed by atoms with Gasteiger partial charge >= 0.3 is 0 Å². The molecule has 0 saturated carbocycles. The van der Waals surface area contributed by atoms with Crippen LogP contribution in [0, 0.1) is 0 Å². The van der Waals surface area contributed by atoms with Crippen LogP contribution in [-0.4, -0.2) is 39.3 Å². The maximum absolute atomic E-state index is 12.3. The molecule has 128 valence electrons. The molecule has 0 fully saturated rings. The zero-order chi connectivity index (χ0) is 17.6. The number of amides is 1. The molecule has 0 atom stereocenters. The van der Waals surface area contributed by atoms with E-state index in [-0.39, 0.29) is 5.91 Å². The van der Waals surface area contributed by atoms with Gasteiger partial charge in [0.25, 0.3) is 5.91 Å². The van der Waals surface area contributed by atoms with Gasteiger partial charge in [-0.3, -0.25) is 19.4 Å². The van der Waals surface area contributed by atoms with Gasteiger partial charge in [-0.15, -0.1) is 0 Å². The van der Waals surface area contributed by atoms with Crippen molar-refractivity contribution in [3.05, 3.63) is 59.1 Å². The molecule has 1 N–H and O–H groups in total. The summed E-state index contributed by atoms with van der Waals surface area (Å²) in [6, 6.07) is 7.14. The van der Waals surface area contributed by atoms with Gasteiger partial charge in [0.05, 0.1) is 25.4 Å². The summed E-state index contributed by atoms with van der Waals surface area (Å²) < 4.78 is 7.62. The summed E-state index contributed by atoms with van der Waals surface area (Å²) in [4.78, 5) is 20.5. The summed E-state index contributed by atoms with van der Waals surface area (Å²) in [5.74, 6) is 0.459. The van der Waals surface area contributed by atoms with E-state index in [4.69, 9.17) is 4.74 Å². The molecular weight excluding hydrogens is 386 g/mol. The molecule has 3 rings (SSSR count). The molecule has 0 radical (unpaired) electrons. The Balaban J connectivity index is 1.58. The third kappa shape index (κ3) is 4.21. The topological polar surface area (TPSA) is 81.9 Å². The first kappa shape index (κ1) is 17.1. The maximum Gasteiger partial charge on any atom is 0.252 e. The van der Waals surface area contributed by atoms with Gasteiger partial charge in [-0.2, -0.15) is 5.10 Å². The lowest BCUT2D eigenvalue weighted by atomic mass is 10.2. The van der Waals surface area contributed by atoms with Crippen molar-refractivity contribution in [2.75, 3.05) is 13.7 Å². The first-order valence-electron chi connectivity index (χ1n) is 7.59. The number of carbonyl (C=O) groups is 1. The van der Waals surface area contributed by atoms with Crippen molar-refractivity contribution < 1.29 is 9.53 Å². The van der Waals surface area contributed by atoms with E-state index in [0.717, 1.165) is 10.2 Å². The largest absolute Gasteiger partial charge is 0.497 e. The molecule has 0 spiro atoms. The summed E-state index contributed by atoms with van der Waals surface area (Å²) in [6.45, 7) is 0.998. The second-order valence-electron chi connectivity index (χ2n) is 5.16. The molecule has 0 aliphatic rings. The highest BCUT2D eigenvalue weighted by Crippen LogP contribution is 2.22. The number of rotatable bonds is 6. The fourth-order valence-corrected chi connectivity index (χ4v) is 2.67. The zero-order valence-corrected chi connectivity index (χ0v) is 15.1. The third-order valence-electron chi connectivity index (χ3n) is 3.51. The molecule has 0 unspecified atom stereocenters. The predicted molar refractivity (Wildman–Crippen MR) is 96.3 cm³/mol. The van der Waals surface area contributed by atoms with Gasteiger partial charge in [0.15, 0.2) is 0 Å². The molecule has 8 heteroatoms. The lowest BCUT2D eigenvalue weighted by Crippen LogP contribution is -2.27. The van der Waals surface area contributed by atoms with Crippen LogP contribution in [0.1, 0.15) is 10.4 Å². The van der Waals surface area contributed by atoms with E-state index in [1.54, 1.807) is 48.6 Å². The van der Waals surface area contributed by atoms with E-state index in [0.29, 0.717) is 30.1 Å². The van der Waals surface area contributed by atoms with Gasteiger partial charge in [-0.05, 0) is 40.2 Å². The normalized spacial score (nSPS) is 10.5. The van der Waals surface area contributed by atoms with Crippen LogP contribution < -0.4 is 10.1 Å². The van der Waals surface area contributed by atoms with Crippen molar-refractivity contribution in [1.29, 1.82) is 0 Å². The monoisotopic (exact) mass is 401 g/mol. The molecule has 7 nitrogen and oxygen atoms in total. The van der Waals surface area contributed by atoms with E-state index in [9.17, 15) is 4.79 Å². The molecular formula is C17H16BrN5O2. The van der Waals surface area contributed by atoms with Gasteiger partial charge in [-0.1, -0.05) is 0 Å². The lowest BCUT2D eigenvalue weighted by Gasteiger charge is -2.08. The minimum Gasteiger partial charge on any atom is -0.497 e. The van der Waals surface area contributed by atoms with E-state index in [1.807, 2.05) is 12.3 Å². The van der Waals surface area contributed by atoms with Crippen molar-refractivity contribution in [1.82, 2.24) is 25.1 Å². The number of benzene rings is 1. The Bertz CT molecular complexity index is 866. The van der Waals surface area contributed by atoms with Crippen molar-refractivity contribution in [3.8, 4) is 17.1 Å². The number of nitrogens with zero attached hydrogens (tertiary/aromatic N) is 4. The Hall–Kier alpha value is -2.74. The maximum atomic E-state index is 12.3. The SMILES string of the molecule is COc1ccc(Br)c(C(=O)NCCn2ccc(-c3cnccn3)n2)c1. The molecule has 2 aromatic heterocycles. The number of nitrogens with one attached hydrogen (secondary N) is 1. The summed E-state index contributed by atoms with van der Waals surface area (Å²) >= 11 is 3.38. The second kappa shape index (κ2) is 7.89. The van der Waals surface area contributed by atoms with Crippen LogP contribution in [-0.2, 0) is 6.54 Å². The van der Waals surface area contributed by atoms with Crippen LogP contribution in [0.25, 0.3) is 11.4 Å². The van der Waals surface area contributed by atoms with Crippen molar-refractivity contribution in [2.45, 2.75) is 6.54 Å². The number of carbonyl (C=O) groups excluding carboxylic acids is 1. The molecule has 0 bridgehead atoms. The summed E-state index contributed by atoms with van der Waals surface area (Å²) in [5.41, 5.74) is 1.99. The van der Waals surface area contributed by atoms with Gasteiger partial charge < -0.3 is 10.1 Å². The molecule has 3 aromatic rings. The highest BCUT2D eigenvalue weighted by Gasteiger charge is 2.11. The van der Waals surface area contributed by atoms with Gasteiger partial charge in [0.2, 0.25) is 0 Å². The van der Waals surface area contributed by atoms with Gasteiger partial charge in [0, 0.05) is 29.6 Å². The van der Waals surface area contributed by atoms with Crippen LogP contribution in [0.4, 0.5) is 0 Å². The average Bonchev–Trinajstić information content (AvgIpc) is 3.11. The van der Waals surface area contributed by atoms with Crippen LogP contribution in [0.5, 0.6) is 5.75 Å². The van der Waals surface area contributed by atoms with Crippen molar-refractivity contribution in [2.24, 2.45) is 0 Å². The van der Waals surface area contributed by atoms with E-state index >= 15 is 0 Å². The highest BCUT2D eigenvalue weighted by molar-refractivity contribution is 9.10. The number of methoxy groups -OCH3 is 1. The van der Waals surface area contributed by atoms with Crippen molar-refractivity contribution >= 4 is 21.8 Å². The average molecular weight is 402 g/mol. The molecule has 2 heterocycles. The first-order chi connectivity index (χ1) is 12.2. The summed E-state index contributed by atoms with van der Waals surface area (Å²) in [5, 5.41) is 7.30. The summed E-state index contributed by atoms with van der Waals surface area (Å²) in [7, 11) is 1.57. The zero-order valence-electron chi connectivity index (χ0n) is 13.5. The lowest BCUT2D eigenvalue weighted by molar-refractivity contribution is 0.0951. The quantitative estimate of drug-likeness (QED) is 0.686. The van der Waals surface area contributed by atoms with Crippen LogP contribution >= 0.6 is 15.9 Å². The second-order valence-corrected chi connectivity index (χ2v) is 6.01. The molecule has 0 aliphatic heterocycles. The third-order valence-corrected chi connectivity index (χ3v) is 4.20. The van der Waals surface area contributed by atoms with Crippen molar-refractivity contribution in [3.63, 3.8) is 0 Å². The Labute approximate surface area is 153 Å². The standard InChI is InChI=1S/C17H16BrN5O2/c1-25-12-2-3-14(18)13(10-12)17(24)21-7-9-23-8-4-15(22-23)16-11-19-5-6-20-16/h2-6,8,10-11H,7,9H2,1H3,(H,21,24). The Morgan fingerprint density at radius 3 is 2.92 bits per heavy atom. The highest BCUT2D eigenvalue weighted by atomic mass is 79.9. The van der Waals surface area contributed by atoms with Gasteiger partial charge in [0.1, 0.15) is 17.1 Å². The minimum absolute atomic E-state index is 0.174. The fraction of sp³-hybridized carbons (Fsp3) is 0.176. The number of hydrogen-bond donors (Lipinski definition) is 1. The molecule has 1 aromatic carbocycles. The van der Waals surface area contributed by atoms with E-state index in [1.165, 1.54) is 0 Å². The van der Waals surface area contributed by atoms with Crippen LogP contribution in [0.2, 0.25) is 0 Å². The number of hydrogen-bond acceptors (Lipinski definition) is 5. The Morgan fingerprint density at radius 1 is 1.28 bits per heavy atom. The molecule has 1 amide bonds. The van der Waals surface area contributed by atoms with Crippen LogP contribution in [0.15, 0.2) is 53.5 Å². The number of halogens is 1. The number of ether oxygens (including phenoxy) is 1. The Kier molecular flexibility index (Phi) is 5.39. The first-order valence-corrected chi connectivity index (χ1v) is 8.38. The predicted octanol–water partition coefficient (Wildman–Crippen LogP) is 2.54. The minimum atomic E-state index is -0.174. The number of aromatic nitrogens is 4. The Morgan fingerprint density at radius 2 is 2.16 bits per heavy atom.